The predicted molar refractivity (Wildman–Crippen MR) is 70.5 cm³/mol. The molecule has 20 heavy (non-hydrogen) atoms. The molecule has 0 radical (unpaired) electrons. The van der Waals surface area contributed by atoms with Gasteiger partial charge in [0.25, 0.3) is 5.91 Å². The number of hydrogen-bond acceptors (Lipinski definition) is 4. The van der Waals surface area contributed by atoms with Crippen LogP contribution in [0.3, 0.4) is 0 Å². The molecule has 0 bridgehead atoms. The van der Waals surface area contributed by atoms with Gasteiger partial charge in [0, 0.05) is 12.2 Å². The molecule has 1 heterocycles. The van der Waals surface area contributed by atoms with Crippen LogP contribution >= 0.6 is 0 Å². The van der Waals surface area contributed by atoms with E-state index in [1.165, 1.54) is 30.6 Å². The van der Waals surface area contributed by atoms with E-state index in [0.29, 0.717) is 11.3 Å². The number of aromatic nitrogens is 2. The van der Waals surface area contributed by atoms with Gasteiger partial charge in [0.1, 0.15) is 17.8 Å². The standard InChI is InChI=1S/C14H14FN3O2/c1-9-6-12(18-8-17-9)14(20)16-7-13(19)10-2-4-11(15)5-3-10/h2-6,8,13,19H,7H2,1H3,(H,16,20). The minimum atomic E-state index is -0.900. The van der Waals surface area contributed by atoms with Gasteiger partial charge in [-0.15, -0.1) is 0 Å². The number of amides is 1. The Morgan fingerprint density at radius 2 is 2.05 bits per heavy atom. The first kappa shape index (κ1) is 14.1. The lowest BCUT2D eigenvalue weighted by Crippen LogP contribution is -2.29. The zero-order valence-electron chi connectivity index (χ0n) is 10.9. The number of aliphatic hydroxyl groups is 1. The number of nitrogens with zero attached hydrogens (tertiary/aromatic N) is 2. The van der Waals surface area contributed by atoms with Crippen LogP contribution in [0.2, 0.25) is 0 Å². The second-order valence-corrected chi connectivity index (χ2v) is 4.32. The Labute approximate surface area is 115 Å². The first-order valence-electron chi connectivity index (χ1n) is 6.06. The Balaban J connectivity index is 1.94. The Hall–Kier alpha value is -2.34. The van der Waals surface area contributed by atoms with Gasteiger partial charge in [-0.25, -0.2) is 14.4 Å². The van der Waals surface area contributed by atoms with Crippen molar-refractivity contribution in [1.29, 1.82) is 0 Å². The lowest BCUT2D eigenvalue weighted by Gasteiger charge is -2.12. The zero-order valence-corrected chi connectivity index (χ0v) is 10.9. The van der Waals surface area contributed by atoms with E-state index in [2.05, 4.69) is 15.3 Å². The highest BCUT2D eigenvalue weighted by Gasteiger charge is 2.12. The summed E-state index contributed by atoms with van der Waals surface area (Å²) in [5.74, 6) is -0.766. The molecule has 0 fully saturated rings. The number of nitrogens with one attached hydrogen (secondary N) is 1. The topological polar surface area (TPSA) is 75.1 Å². The third-order valence-corrected chi connectivity index (χ3v) is 2.75. The van der Waals surface area contributed by atoms with E-state index in [4.69, 9.17) is 0 Å². The molecule has 5 nitrogen and oxygen atoms in total. The molecule has 0 aliphatic heterocycles. The van der Waals surface area contributed by atoms with Gasteiger partial charge in [0.15, 0.2) is 0 Å². The summed E-state index contributed by atoms with van der Waals surface area (Å²) in [4.78, 5) is 19.6. The molecule has 1 aromatic heterocycles. The van der Waals surface area contributed by atoms with Crippen LogP contribution in [0.4, 0.5) is 4.39 Å². The van der Waals surface area contributed by atoms with Crippen molar-refractivity contribution in [2.45, 2.75) is 13.0 Å². The summed E-state index contributed by atoms with van der Waals surface area (Å²) >= 11 is 0. The van der Waals surface area contributed by atoms with Crippen molar-refractivity contribution < 1.29 is 14.3 Å². The van der Waals surface area contributed by atoms with Gasteiger partial charge in [0.05, 0.1) is 6.10 Å². The Morgan fingerprint density at radius 1 is 1.35 bits per heavy atom. The molecule has 1 atom stereocenters. The molecule has 2 rings (SSSR count). The lowest BCUT2D eigenvalue weighted by atomic mass is 10.1. The van der Waals surface area contributed by atoms with E-state index in [9.17, 15) is 14.3 Å². The average Bonchev–Trinajstić information content (AvgIpc) is 2.45. The number of aliphatic hydroxyl groups excluding tert-OH is 1. The van der Waals surface area contributed by atoms with Crippen molar-refractivity contribution in [3.8, 4) is 0 Å². The quantitative estimate of drug-likeness (QED) is 0.884. The van der Waals surface area contributed by atoms with Crippen molar-refractivity contribution in [3.63, 3.8) is 0 Å². The smallest absolute Gasteiger partial charge is 0.270 e. The normalized spacial score (nSPS) is 11.9. The monoisotopic (exact) mass is 275 g/mol. The van der Waals surface area contributed by atoms with Gasteiger partial charge < -0.3 is 10.4 Å². The second kappa shape index (κ2) is 6.21. The van der Waals surface area contributed by atoms with Crippen LogP contribution < -0.4 is 5.32 Å². The fraction of sp³-hybridized carbons (Fsp3) is 0.214. The van der Waals surface area contributed by atoms with Gasteiger partial charge in [-0.3, -0.25) is 4.79 Å². The average molecular weight is 275 g/mol. The molecule has 6 heteroatoms. The van der Waals surface area contributed by atoms with Gasteiger partial charge >= 0.3 is 0 Å². The minimum absolute atomic E-state index is 0.0213. The Morgan fingerprint density at radius 3 is 2.70 bits per heavy atom. The molecular weight excluding hydrogens is 261 g/mol. The highest BCUT2D eigenvalue weighted by atomic mass is 19.1. The Bertz CT molecular complexity index is 602. The summed E-state index contributed by atoms with van der Waals surface area (Å²) in [6, 6.07) is 7.02. The number of benzene rings is 1. The number of hydrogen-bond donors (Lipinski definition) is 2. The molecule has 1 unspecified atom stereocenters. The lowest BCUT2D eigenvalue weighted by molar-refractivity contribution is 0.0911. The highest BCUT2D eigenvalue weighted by Crippen LogP contribution is 2.12. The van der Waals surface area contributed by atoms with Crippen LogP contribution in [0.15, 0.2) is 36.7 Å². The number of halogens is 1. The summed E-state index contributed by atoms with van der Waals surface area (Å²) in [5, 5.41) is 12.5. The molecule has 2 N–H and O–H groups in total. The van der Waals surface area contributed by atoms with Crippen LogP contribution in [0.5, 0.6) is 0 Å². The summed E-state index contributed by atoms with van der Waals surface area (Å²) in [6.45, 7) is 1.78. The highest BCUT2D eigenvalue weighted by molar-refractivity contribution is 5.92. The predicted octanol–water partition coefficient (Wildman–Crippen LogP) is 1.39. The van der Waals surface area contributed by atoms with Crippen molar-refractivity contribution in [2.24, 2.45) is 0 Å². The summed E-state index contributed by atoms with van der Waals surface area (Å²) in [6.07, 6.45) is 0.406. The number of aryl methyl sites for hydroxylation is 1. The molecular formula is C14H14FN3O2. The largest absolute Gasteiger partial charge is 0.387 e. The van der Waals surface area contributed by atoms with Crippen molar-refractivity contribution in [2.75, 3.05) is 6.54 Å². The van der Waals surface area contributed by atoms with E-state index < -0.39 is 12.0 Å². The van der Waals surface area contributed by atoms with Crippen molar-refractivity contribution in [3.05, 3.63) is 59.4 Å². The fourth-order valence-corrected chi connectivity index (χ4v) is 1.66. The molecule has 2 aromatic rings. The van der Waals surface area contributed by atoms with Crippen molar-refractivity contribution in [1.82, 2.24) is 15.3 Å². The summed E-state index contributed by atoms with van der Waals surface area (Å²) < 4.78 is 12.8. The SMILES string of the molecule is Cc1cc(C(=O)NCC(O)c2ccc(F)cc2)ncn1. The Kier molecular flexibility index (Phi) is 4.37. The number of carbonyl (C=O) groups is 1. The van der Waals surface area contributed by atoms with E-state index in [0.717, 1.165) is 0 Å². The van der Waals surface area contributed by atoms with E-state index in [-0.39, 0.29) is 18.1 Å². The van der Waals surface area contributed by atoms with Gasteiger partial charge in [-0.05, 0) is 30.7 Å². The van der Waals surface area contributed by atoms with Gasteiger partial charge in [-0.1, -0.05) is 12.1 Å². The summed E-state index contributed by atoms with van der Waals surface area (Å²) in [7, 11) is 0. The first-order valence-corrected chi connectivity index (χ1v) is 6.06. The molecule has 0 saturated carbocycles. The van der Waals surface area contributed by atoms with Gasteiger partial charge in [0.2, 0.25) is 0 Å². The third kappa shape index (κ3) is 3.58. The van der Waals surface area contributed by atoms with E-state index in [1.54, 1.807) is 13.0 Å². The minimum Gasteiger partial charge on any atom is -0.387 e. The molecule has 1 aromatic carbocycles. The molecule has 104 valence electrons. The van der Waals surface area contributed by atoms with E-state index >= 15 is 0 Å². The van der Waals surface area contributed by atoms with Crippen LogP contribution in [-0.4, -0.2) is 27.5 Å². The zero-order chi connectivity index (χ0) is 14.5. The van der Waals surface area contributed by atoms with Crippen LogP contribution in [0.1, 0.15) is 27.8 Å². The third-order valence-electron chi connectivity index (χ3n) is 2.75. The number of carbonyl (C=O) groups excluding carboxylic acids is 1. The van der Waals surface area contributed by atoms with Crippen LogP contribution in [-0.2, 0) is 0 Å². The molecule has 0 aliphatic rings. The molecule has 0 saturated heterocycles. The number of rotatable bonds is 4. The van der Waals surface area contributed by atoms with Crippen LogP contribution in [0, 0.1) is 12.7 Å². The maximum atomic E-state index is 12.8. The second-order valence-electron chi connectivity index (χ2n) is 4.32. The summed E-state index contributed by atoms with van der Waals surface area (Å²) in [5.41, 5.74) is 1.46. The molecule has 0 spiro atoms. The molecule has 1 amide bonds. The first-order chi connectivity index (χ1) is 9.56. The van der Waals surface area contributed by atoms with Gasteiger partial charge in [-0.2, -0.15) is 0 Å². The van der Waals surface area contributed by atoms with Crippen molar-refractivity contribution >= 4 is 5.91 Å². The maximum absolute atomic E-state index is 12.8. The molecule has 0 aliphatic carbocycles. The van der Waals surface area contributed by atoms with Crippen LogP contribution in [0.25, 0.3) is 0 Å². The van der Waals surface area contributed by atoms with E-state index in [1.807, 2.05) is 0 Å². The fourth-order valence-electron chi connectivity index (χ4n) is 1.66. The maximum Gasteiger partial charge on any atom is 0.270 e.